The number of aliphatic hydroxyl groups is 1. The van der Waals surface area contributed by atoms with Crippen LogP contribution in [0.3, 0.4) is 0 Å². The van der Waals surface area contributed by atoms with Crippen LogP contribution in [-0.4, -0.2) is 56.1 Å². The minimum Gasteiger partial charge on any atom is -0.453 e. The van der Waals surface area contributed by atoms with Crippen molar-refractivity contribution in [2.24, 2.45) is 0 Å². The number of terminal acetylenes is 1. The fraction of sp³-hybridized carbons (Fsp3) is 0.429. The standard InChI is InChI=1S/C14H15FN6O4/c1-3-14(5-17-13(23)24-2)7(22)4-8(25-14)21-6-18-9-10(16)19-12(15)20-11(9)21/h1,6-8,22H,4-5H2,2H3,(H,17,23)(H2,16,19,20)/t7-,8+,14+/m0/s1. The molecule has 2 aromatic rings. The van der Waals surface area contributed by atoms with Crippen LogP contribution in [0.1, 0.15) is 12.6 Å². The largest absolute Gasteiger partial charge is 0.453 e. The van der Waals surface area contributed by atoms with Gasteiger partial charge in [0, 0.05) is 6.42 Å². The molecule has 3 rings (SSSR count). The summed E-state index contributed by atoms with van der Waals surface area (Å²) in [6.45, 7) is -0.175. The number of nitrogen functional groups attached to an aromatic ring is 1. The Bertz CT molecular complexity index is 865. The van der Waals surface area contributed by atoms with Crippen LogP contribution < -0.4 is 11.1 Å². The Labute approximate surface area is 141 Å². The number of halogens is 1. The first-order valence-electron chi connectivity index (χ1n) is 7.21. The molecule has 1 amide bonds. The summed E-state index contributed by atoms with van der Waals surface area (Å²) in [5.41, 5.74) is 4.45. The molecule has 1 saturated heterocycles. The minimum absolute atomic E-state index is 0.0735. The second-order valence-corrected chi connectivity index (χ2v) is 5.40. The summed E-state index contributed by atoms with van der Waals surface area (Å²) in [6.07, 6.45) is 3.30. The van der Waals surface area contributed by atoms with Gasteiger partial charge in [-0.05, 0) is 0 Å². The number of nitrogens with two attached hydrogens (primary N) is 1. The zero-order valence-corrected chi connectivity index (χ0v) is 13.1. The third-order valence-electron chi connectivity index (χ3n) is 3.97. The second-order valence-electron chi connectivity index (χ2n) is 5.40. The van der Waals surface area contributed by atoms with Gasteiger partial charge in [-0.15, -0.1) is 6.42 Å². The van der Waals surface area contributed by atoms with Crippen LogP contribution in [0.15, 0.2) is 6.33 Å². The molecule has 0 unspecified atom stereocenters. The van der Waals surface area contributed by atoms with Crippen molar-refractivity contribution < 1.29 is 23.8 Å². The molecule has 0 aromatic carbocycles. The summed E-state index contributed by atoms with van der Waals surface area (Å²) in [5.74, 6) is 2.25. The van der Waals surface area contributed by atoms with Gasteiger partial charge in [-0.1, -0.05) is 5.92 Å². The molecule has 3 atom stereocenters. The normalized spacial score (nSPS) is 25.7. The monoisotopic (exact) mass is 350 g/mol. The Morgan fingerprint density at radius 2 is 2.48 bits per heavy atom. The summed E-state index contributed by atoms with van der Waals surface area (Å²) in [7, 11) is 1.20. The smallest absolute Gasteiger partial charge is 0.406 e. The van der Waals surface area contributed by atoms with Crippen molar-refractivity contribution in [1.82, 2.24) is 24.8 Å². The molecule has 0 radical (unpaired) electrons. The van der Waals surface area contributed by atoms with Gasteiger partial charge in [-0.25, -0.2) is 9.78 Å². The van der Waals surface area contributed by atoms with Crippen molar-refractivity contribution in [3.05, 3.63) is 12.4 Å². The highest BCUT2D eigenvalue weighted by atomic mass is 19.1. The van der Waals surface area contributed by atoms with Crippen LogP contribution in [0.4, 0.5) is 15.0 Å². The van der Waals surface area contributed by atoms with E-state index in [2.05, 4.69) is 30.9 Å². The second kappa shape index (κ2) is 6.15. The molecule has 10 nitrogen and oxygen atoms in total. The number of anilines is 1. The topological polar surface area (TPSA) is 137 Å². The number of amides is 1. The van der Waals surface area contributed by atoms with Crippen molar-refractivity contribution in [2.75, 3.05) is 19.4 Å². The highest BCUT2D eigenvalue weighted by molar-refractivity contribution is 5.81. The molecule has 0 spiro atoms. The third-order valence-corrected chi connectivity index (χ3v) is 3.97. The van der Waals surface area contributed by atoms with Gasteiger partial charge in [-0.3, -0.25) is 4.57 Å². The lowest BCUT2D eigenvalue weighted by Crippen LogP contribution is -2.48. The number of methoxy groups -OCH3 is 1. The molecule has 0 bridgehead atoms. The number of rotatable bonds is 3. The SMILES string of the molecule is C#C[C@]1(CNC(=O)OC)O[C@@H](n2cnc3c(N)nc(F)nc32)C[C@@H]1O. The summed E-state index contributed by atoms with van der Waals surface area (Å²) >= 11 is 0. The number of aliphatic hydroxyl groups excluding tert-OH is 1. The number of imidazole rings is 1. The predicted octanol–water partition coefficient (Wildman–Crippen LogP) is -0.445. The minimum atomic E-state index is -1.48. The van der Waals surface area contributed by atoms with Gasteiger partial charge < -0.3 is 25.6 Å². The molecule has 1 fully saturated rings. The van der Waals surface area contributed by atoms with E-state index in [1.807, 2.05) is 0 Å². The van der Waals surface area contributed by atoms with Gasteiger partial charge in [0.1, 0.15) is 12.3 Å². The maximum absolute atomic E-state index is 13.5. The van der Waals surface area contributed by atoms with Crippen molar-refractivity contribution in [1.29, 1.82) is 0 Å². The van der Waals surface area contributed by atoms with Gasteiger partial charge >= 0.3 is 12.2 Å². The molecule has 132 valence electrons. The number of alkyl carbamates (subject to hydrolysis) is 1. The number of carbonyl (C=O) groups excluding carboxylic acids is 1. The van der Waals surface area contributed by atoms with E-state index in [1.165, 1.54) is 18.0 Å². The van der Waals surface area contributed by atoms with E-state index in [0.717, 1.165) is 0 Å². The summed E-state index contributed by atoms with van der Waals surface area (Å²) in [5, 5.41) is 12.7. The maximum Gasteiger partial charge on any atom is 0.406 e. The number of nitrogens with zero attached hydrogens (tertiary/aromatic N) is 4. The van der Waals surface area contributed by atoms with E-state index < -0.39 is 30.1 Å². The first kappa shape index (κ1) is 16.9. The van der Waals surface area contributed by atoms with Crippen molar-refractivity contribution >= 4 is 23.1 Å². The van der Waals surface area contributed by atoms with Crippen LogP contribution in [0.2, 0.25) is 0 Å². The lowest BCUT2D eigenvalue weighted by Gasteiger charge is -2.26. The summed E-state index contributed by atoms with van der Waals surface area (Å²) in [4.78, 5) is 22.4. The molecule has 3 heterocycles. The average Bonchev–Trinajstić information content (AvgIpc) is 3.14. The first-order chi connectivity index (χ1) is 11.9. The molecule has 0 saturated carbocycles. The number of ether oxygens (including phenoxy) is 2. The molecule has 25 heavy (non-hydrogen) atoms. The van der Waals surface area contributed by atoms with Crippen LogP contribution in [-0.2, 0) is 9.47 Å². The molecule has 0 aliphatic carbocycles. The highest BCUT2D eigenvalue weighted by Gasteiger charge is 2.48. The molecule has 1 aliphatic rings. The van der Waals surface area contributed by atoms with Gasteiger partial charge in [0.25, 0.3) is 0 Å². The molecule has 1 aliphatic heterocycles. The van der Waals surface area contributed by atoms with Crippen molar-refractivity contribution in [3.63, 3.8) is 0 Å². The van der Waals surface area contributed by atoms with Crippen LogP contribution in [0, 0.1) is 18.4 Å². The summed E-state index contributed by atoms with van der Waals surface area (Å²) < 4.78 is 25.1. The van der Waals surface area contributed by atoms with E-state index in [0.29, 0.717) is 0 Å². The number of hydrogen-bond donors (Lipinski definition) is 3. The van der Waals surface area contributed by atoms with E-state index in [4.69, 9.17) is 16.9 Å². The van der Waals surface area contributed by atoms with E-state index >= 15 is 0 Å². The van der Waals surface area contributed by atoms with Gasteiger partial charge in [-0.2, -0.15) is 14.4 Å². The number of carbonyl (C=O) groups is 1. The Morgan fingerprint density at radius 3 is 3.16 bits per heavy atom. The molecule has 11 heteroatoms. The van der Waals surface area contributed by atoms with Gasteiger partial charge in [0.2, 0.25) is 0 Å². The quantitative estimate of drug-likeness (QED) is 0.500. The van der Waals surface area contributed by atoms with Crippen LogP contribution in [0.25, 0.3) is 11.2 Å². The third kappa shape index (κ3) is 2.81. The average molecular weight is 350 g/mol. The Hall–Kier alpha value is -2.97. The fourth-order valence-corrected chi connectivity index (χ4v) is 2.66. The summed E-state index contributed by atoms with van der Waals surface area (Å²) in [6, 6.07) is 0. The predicted molar refractivity (Wildman–Crippen MR) is 82.4 cm³/mol. The number of aromatic nitrogens is 4. The van der Waals surface area contributed by atoms with Crippen LogP contribution in [0.5, 0.6) is 0 Å². The number of fused-ring (bicyclic) bond motifs is 1. The van der Waals surface area contributed by atoms with Crippen molar-refractivity contribution in [2.45, 2.75) is 24.4 Å². The zero-order valence-electron chi connectivity index (χ0n) is 13.1. The van der Waals surface area contributed by atoms with E-state index in [-0.39, 0.29) is 29.9 Å². The zero-order chi connectivity index (χ0) is 18.2. The maximum atomic E-state index is 13.5. The van der Waals surface area contributed by atoms with E-state index in [9.17, 15) is 14.3 Å². The van der Waals surface area contributed by atoms with Crippen molar-refractivity contribution in [3.8, 4) is 12.3 Å². The Balaban J connectivity index is 1.91. The Morgan fingerprint density at radius 1 is 1.72 bits per heavy atom. The Kier molecular flexibility index (Phi) is 4.15. The highest BCUT2D eigenvalue weighted by Crippen LogP contribution is 2.37. The van der Waals surface area contributed by atoms with E-state index in [1.54, 1.807) is 0 Å². The fourth-order valence-electron chi connectivity index (χ4n) is 2.66. The number of hydrogen-bond acceptors (Lipinski definition) is 8. The first-order valence-corrected chi connectivity index (χ1v) is 7.21. The molecular weight excluding hydrogens is 335 g/mol. The lowest BCUT2D eigenvalue weighted by atomic mass is 9.98. The lowest BCUT2D eigenvalue weighted by molar-refractivity contribution is -0.0608. The van der Waals surface area contributed by atoms with Gasteiger partial charge in [0.15, 0.2) is 22.6 Å². The number of nitrogens with one attached hydrogen (secondary N) is 1. The molecule has 2 aromatic heterocycles. The van der Waals surface area contributed by atoms with Gasteiger partial charge in [0.05, 0.1) is 20.0 Å². The molecular formula is C14H15FN6O4. The molecule has 4 N–H and O–H groups in total. The van der Waals surface area contributed by atoms with Crippen LogP contribution >= 0.6 is 0 Å².